The van der Waals surface area contributed by atoms with Gasteiger partial charge in [-0.1, -0.05) is 38.3 Å². The van der Waals surface area contributed by atoms with Crippen LogP contribution in [0.3, 0.4) is 0 Å². The maximum absolute atomic E-state index is 11.8. The second-order valence-electron chi connectivity index (χ2n) is 5.95. The van der Waals surface area contributed by atoms with E-state index in [9.17, 15) is 14.9 Å². The highest BCUT2D eigenvalue weighted by Crippen LogP contribution is 2.28. The van der Waals surface area contributed by atoms with E-state index in [1.807, 2.05) is 6.92 Å². The average molecular weight is 343 g/mol. The molecule has 0 aliphatic carbocycles. The highest BCUT2D eigenvalue weighted by molar-refractivity contribution is 6.32. The number of halogens is 1. The molecule has 0 aliphatic rings. The lowest BCUT2D eigenvalue weighted by atomic mass is 10.0. The molecule has 0 spiro atoms. The Morgan fingerprint density at radius 2 is 2.04 bits per heavy atom. The molecule has 0 saturated carbocycles. The minimum atomic E-state index is -0.540. The summed E-state index contributed by atoms with van der Waals surface area (Å²) in [4.78, 5) is 21.9. The topological polar surface area (TPSA) is 81.5 Å². The van der Waals surface area contributed by atoms with Gasteiger partial charge in [0.05, 0.1) is 9.95 Å². The van der Waals surface area contributed by atoms with Crippen molar-refractivity contribution in [2.24, 2.45) is 5.92 Å². The molecule has 0 aliphatic heterocycles. The number of rotatable bonds is 9. The number of nitro benzene ring substituents is 1. The van der Waals surface area contributed by atoms with Gasteiger partial charge in [-0.25, -0.2) is 0 Å². The number of carbonyl (C=O) groups is 1. The van der Waals surface area contributed by atoms with Gasteiger partial charge < -0.3 is 10.1 Å². The highest BCUT2D eigenvalue weighted by atomic mass is 35.5. The molecule has 0 radical (unpaired) electrons. The maximum Gasteiger partial charge on any atom is 0.271 e. The van der Waals surface area contributed by atoms with Gasteiger partial charge in [0, 0.05) is 18.2 Å². The van der Waals surface area contributed by atoms with E-state index in [1.54, 1.807) is 0 Å². The van der Waals surface area contributed by atoms with Crippen molar-refractivity contribution in [1.82, 2.24) is 5.32 Å². The zero-order valence-corrected chi connectivity index (χ0v) is 14.4. The largest absolute Gasteiger partial charge is 0.482 e. The van der Waals surface area contributed by atoms with Gasteiger partial charge in [0.25, 0.3) is 11.6 Å². The SMILES string of the molecule is CC(C)CCC[C@@H](C)NC(=O)COc1ccc([N+](=O)[O-])cc1Cl. The van der Waals surface area contributed by atoms with Gasteiger partial charge in [-0.15, -0.1) is 0 Å². The molecular weight excluding hydrogens is 320 g/mol. The van der Waals surface area contributed by atoms with Gasteiger partial charge >= 0.3 is 0 Å². The second kappa shape index (κ2) is 9.35. The van der Waals surface area contributed by atoms with E-state index in [2.05, 4.69) is 19.2 Å². The number of amides is 1. The molecule has 128 valence electrons. The number of ether oxygens (including phenoxy) is 1. The van der Waals surface area contributed by atoms with Gasteiger partial charge in [0.1, 0.15) is 5.75 Å². The highest BCUT2D eigenvalue weighted by Gasteiger charge is 2.12. The molecule has 1 atom stereocenters. The molecule has 0 saturated heterocycles. The first-order chi connectivity index (χ1) is 10.8. The van der Waals surface area contributed by atoms with Crippen LogP contribution in [-0.2, 0) is 4.79 Å². The third kappa shape index (κ3) is 7.32. The van der Waals surface area contributed by atoms with Crippen LogP contribution in [0.4, 0.5) is 5.69 Å². The number of nitrogens with one attached hydrogen (secondary N) is 1. The molecule has 1 rings (SSSR count). The molecule has 0 heterocycles. The smallest absolute Gasteiger partial charge is 0.271 e. The fourth-order valence-corrected chi connectivity index (χ4v) is 2.31. The zero-order chi connectivity index (χ0) is 17.4. The Bertz CT molecular complexity index is 549. The van der Waals surface area contributed by atoms with Crippen LogP contribution in [0.15, 0.2) is 18.2 Å². The van der Waals surface area contributed by atoms with Gasteiger partial charge in [-0.3, -0.25) is 14.9 Å². The first kappa shape index (κ1) is 19.2. The lowest BCUT2D eigenvalue weighted by molar-refractivity contribution is -0.384. The number of nitrogens with zero attached hydrogens (tertiary/aromatic N) is 1. The van der Waals surface area contributed by atoms with Crippen molar-refractivity contribution >= 4 is 23.2 Å². The van der Waals surface area contributed by atoms with Crippen molar-refractivity contribution in [3.8, 4) is 5.75 Å². The molecule has 0 aromatic heterocycles. The molecule has 1 N–H and O–H groups in total. The molecule has 0 unspecified atom stereocenters. The fourth-order valence-electron chi connectivity index (χ4n) is 2.08. The molecule has 0 bridgehead atoms. The van der Waals surface area contributed by atoms with Crippen molar-refractivity contribution in [3.05, 3.63) is 33.3 Å². The van der Waals surface area contributed by atoms with Gasteiger partial charge in [0.2, 0.25) is 0 Å². The summed E-state index contributed by atoms with van der Waals surface area (Å²) in [5, 5.41) is 13.6. The first-order valence-corrected chi connectivity index (χ1v) is 8.03. The lowest BCUT2D eigenvalue weighted by Crippen LogP contribution is -2.36. The summed E-state index contributed by atoms with van der Waals surface area (Å²) in [6.07, 6.45) is 3.12. The fraction of sp³-hybridized carbons (Fsp3) is 0.562. The minimum Gasteiger partial charge on any atom is -0.482 e. The summed E-state index contributed by atoms with van der Waals surface area (Å²) >= 11 is 5.90. The Hall–Kier alpha value is -1.82. The molecular formula is C16H23ClN2O4. The summed E-state index contributed by atoms with van der Waals surface area (Å²) in [6.45, 7) is 6.12. The average Bonchev–Trinajstić information content (AvgIpc) is 2.45. The monoisotopic (exact) mass is 342 g/mol. The summed E-state index contributed by atoms with van der Waals surface area (Å²) in [6, 6.07) is 3.95. The number of non-ortho nitro benzene ring substituents is 1. The quantitative estimate of drug-likeness (QED) is 0.544. The second-order valence-corrected chi connectivity index (χ2v) is 6.36. The number of hydrogen-bond donors (Lipinski definition) is 1. The summed E-state index contributed by atoms with van der Waals surface area (Å²) in [7, 11) is 0. The van der Waals surface area contributed by atoms with Crippen molar-refractivity contribution in [2.45, 2.75) is 46.1 Å². The molecule has 7 heteroatoms. The number of hydrogen-bond acceptors (Lipinski definition) is 4. The van der Waals surface area contributed by atoms with Crippen LogP contribution in [0.25, 0.3) is 0 Å². The van der Waals surface area contributed by atoms with Crippen molar-refractivity contribution in [2.75, 3.05) is 6.61 Å². The van der Waals surface area contributed by atoms with E-state index >= 15 is 0 Å². The standard InChI is InChI=1S/C16H23ClN2O4/c1-11(2)5-4-6-12(3)18-16(20)10-23-15-8-7-13(19(21)22)9-14(15)17/h7-9,11-12H,4-6,10H2,1-3H3,(H,18,20)/t12-/m1/s1. The summed E-state index contributed by atoms with van der Waals surface area (Å²) in [5.41, 5.74) is -0.120. The summed E-state index contributed by atoms with van der Waals surface area (Å²) < 4.78 is 5.31. The normalized spacial score (nSPS) is 12.0. The van der Waals surface area contributed by atoms with Crippen LogP contribution >= 0.6 is 11.6 Å². The van der Waals surface area contributed by atoms with Crippen LogP contribution in [0.1, 0.15) is 40.0 Å². The van der Waals surface area contributed by atoms with Crippen LogP contribution < -0.4 is 10.1 Å². The molecule has 6 nitrogen and oxygen atoms in total. The Morgan fingerprint density at radius 3 is 2.61 bits per heavy atom. The molecule has 23 heavy (non-hydrogen) atoms. The Labute approximate surface area is 141 Å². The Morgan fingerprint density at radius 1 is 1.35 bits per heavy atom. The minimum absolute atomic E-state index is 0.0807. The third-order valence-corrected chi connectivity index (χ3v) is 3.61. The maximum atomic E-state index is 11.8. The van der Waals surface area contributed by atoms with Crippen molar-refractivity contribution < 1.29 is 14.5 Å². The van der Waals surface area contributed by atoms with Gasteiger partial charge in [0.15, 0.2) is 6.61 Å². The Balaban J connectivity index is 2.39. The van der Waals surface area contributed by atoms with E-state index in [0.717, 1.165) is 19.3 Å². The molecule has 0 fully saturated rings. The van der Waals surface area contributed by atoms with Crippen LogP contribution in [0.2, 0.25) is 5.02 Å². The zero-order valence-electron chi connectivity index (χ0n) is 13.7. The van der Waals surface area contributed by atoms with E-state index in [0.29, 0.717) is 5.92 Å². The summed E-state index contributed by atoms with van der Waals surface area (Å²) in [5.74, 6) is 0.668. The van der Waals surface area contributed by atoms with E-state index in [4.69, 9.17) is 16.3 Å². The van der Waals surface area contributed by atoms with Crippen molar-refractivity contribution in [1.29, 1.82) is 0 Å². The van der Waals surface area contributed by atoms with Gasteiger partial charge in [-0.05, 0) is 25.3 Å². The number of benzene rings is 1. The first-order valence-electron chi connectivity index (χ1n) is 7.65. The van der Waals surface area contributed by atoms with Crippen LogP contribution in [0, 0.1) is 16.0 Å². The van der Waals surface area contributed by atoms with Crippen LogP contribution in [-0.4, -0.2) is 23.5 Å². The van der Waals surface area contributed by atoms with E-state index in [-0.39, 0.29) is 35.0 Å². The molecule has 1 aromatic carbocycles. The number of carbonyl (C=O) groups excluding carboxylic acids is 1. The van der Waals surface area contributed by atoms with Gasteiger partial charge in [-0.2, -0.15) is 0 Å². The molecule has 1 aromatic rings. The Kier molecular flexibility index (Phi) is 7.81. The predicted octanol–water partition coefficient (Wildman–Crippen LogP) is 3.96. The molecule has 1 amide bonds. The van der Waals surface area contributed by atoms with E-state index < -0.39 is 4.92 Å². The predicted molar refractivity (Wildman–Crippen MR) is 89.9 cm³/mol. The van der Waals surface area contributed by atoms with E-state index in [1.165, 1.54) is 18.2 Å². The number of nitro groups is 1. The van der Waals surface area contributed by atoms with Crippen molar-refractivity contribution in [3.63, 3.8) is 0 Å². The lowest BCUT2D eigenvalue weighted by Gasteiger charge is -2.15. The van der Waals surface area contributed by atoms with Crippen LogP contribution in [0.5, 0.6) is 5.75 Å². The third-order valence-electron chi connectivity index (χ3n) is 3.31.